The zero-order chi connectivity index (χ0) is 16.2. The maximum atomic E-state index is 12.7. The highest BCUT2D eigenvalue weighted by atomic mass is 79.9. The molecule has 3 aliphatic rings. The fourth-order valence-corrected chi connectivity index (χ4v) is 5.36. The van der Waals surface area contributed by atoms with Crippen LogP contribution in [0.5, 0.6) is 0 Å². The Hall–Kier alpha value is -1.56. The quantitative estimate of drug-likeness (QED) is 0.703. The fourth-order valence-electron chi connectivity index (χ4n) is 5.09. The monoisotopic (exact) mass is 378 g/mol. The molecular weight excluding hydrogens is 360 g/mol. The summed E-state index contributed by atoms with van der Waals surface area (Å²) in [7, 11) is 0. The number of amides is 1. The van der Waals surface area contributed by atoms with Crippen molar-refractivity contribution in [3.05, 3.63) is 28.7 Å². The molecule has 0 aromatic heterocycles. The van der Waals surface area contributed by atoms with Gasteiger partial charge in [0.25, 0.3) is 0 Å². The van der Waals surface area contributed by atoms with Crippen molar-refractivity contribution in [2.45, 2.75) is 25.7 Å². The van der Waals surface area contributed by atoms with Gasteiger partial charge in [-0.1, -0.05) is 15.9 Å². The Balaban J connectivity index is 1.49. The number of hydrogen-bond donors (Lipinski definition) is 3. The van der Waals surface area contributed by atoms with Gasteiger partial charge in [-0.3, -0.25) is 20.4 Å². The predicted octanol–water partition coefficient (Wildman–Crippen LogP) is 3.03. The highest BCUT2D eigenvalue weighted by Crippen LogP contribution is 2.74. The Kier molecular flexibility index (Phi) is 3.41. The van der Waals surface area contributed by atoms with E-state index in [1.165, 1.54) is 0 Å². The van der Waals surface area contributed by atoms with Crippen molar-refractivity contribution in [3.63, 3.8) is 0 Å². The van der Waals surface area contributed by atoms with Gasteiger partial charge in [0.05, 0.1) is 17.5 Å². The van der Waals surface area contributed by atoms with Crippen LogP contribution in [0.15, 0.2) is 28.7 Å². The third-order valence-corrected chi connectivity index (χ3v) is 6.64. The van der Waals surface area contributed by atoms with Crippen LogP contribution in [-0.2, 0) is 9.59 Å². The van der Waals surface area contributed by atoms with Crippen LogP contribution < -0.4 is 10.9 Å². The molecule has 0 aliphatic heterocycles. The van der Waals surface area contributed by atoms with Crippen LogP contribution >= 0.6 is 15.9 Å². The second-order valence-corrected chi connectivity index (χ2v) is 7.95. The third kappa shape index (κ3) is 2.26. The van der Waals surface area contributed by atoms with Gasteiger partial charge in [0.15, 0.2) is 0 Å². The maximum Gasteiger partial charge on any atom is 0.307 e. The average Bonchev–Trinajstić information content (AvgIpc) is 3.20. The first-order chi connectivity index (χ1) is 11.0. The van der Waals surface area contributed by atoms with Gasteiger partial charge < -0.3 is 5.11 Å². The van der Waals surface area contributed by atoms with Gasteiger partial charge in [0, 0.05) is 4.47 Å². The minimum absolute atomic E-state index is 0.155. The zero-order valence-electron chi connectivity index (χ0n) is 12.6. The van der Waals surface area contributed by atoms with E-state index in [0.717, 1.165) is 35.8 Å². The van der Waals surface area contributed by atoms with Gasteiger partial charge in [-0.2, -0.15) is 0 Å². The summed E-state index contributed by atoms with van der Waals surface area (Å²) in [5.74, 6) is -1.50. The number of carboxylic acids is 1. The number of halogens is 1. The third-order valence-electron chi connectivity index (χ3n) is 6.11. The Morgan fingerprint density at radius 2 is 1.70 bits per heavy atom. The molecule has 6 heteroatoms. The molecule has 0 saturated heterocycles. The number of anilines is 1. The summed E-state index contributed by atoms with van der Waals surface area (Å²) in [4.78, 5) is 24.4. The average molecular weight is 379 g/mol. The number of carbonyl (C=O) groups excluding carboxylic acids is 1. The number of carbonyl (C=O) groups is 2. The summed E-state index contributed by atoms with van der Waals surface area (Å²) in [6.07, 6.45) is 4.14. The lowest BCUT2D eigenvalue weighted by atomic mass is 9.79. The fraction of sp³-hybridized carbons (Fsp3) is 0.529. The highest BCUT2D eigenvalue weighted by Gasteiger charge is 2.71. The molecule has 122 valence electrons. The molecule has 4 rings (SSSR count). The first kappa shape index (κ1) is 15.0. The molecule has 3 N–H and O–H groups in total. The number of carboxylic acid groups (broad SMARTS) is 1. The molecule has 23 heavy (non-hydrogen) atoms. The Labute approximate surface area is 142 Å². The van der Waals surface area contributed by atoms with Crippen LogP contribution in [0.2, 0.25) is 0 Å². The topological polar surface area (TPSA) is 78.4 Å². The summed E-state index contributed by atoms with van der Waals surface area (Å²) in [6.45, 7) is 0. The van der Waals surface area contributed by atoms with E-state index in [1.807, 2.05) is 24.3 Å². The van der Waals surface area contributed by atoms with Crippen molar-refractivity contribution in [2.75, 3.05) is 5.43 Å². The molecule has 1 aromatic carbocycles. The van der Waals surface area contributed by atoms with Crippen molar-refractivity contribution in [2.24, 2.45) is 29.1 Å². The summed E-state index contributed by atoms with van der Waals surface area (Å²) < 4.78 is 0.962. The van der Waals surface area contributed by atoms with E-state index >= 15 is 0 Å². The SMILES string of the molecule is O=C(O)[C@@H]1[C@H](C(=O)NNc2ccc(Br)cc2)[C@@H]2CC[C@H]1C21CC1. The van der Waals surface area contributed by atoms with Crippen molar-refractivity contribution in [1.29, 1.82) is 0 Å². The number of rotatable bonds is 4. The second kappa shape index (κ2) is 5.23. The summed E-state index contributed by atoms with van der Waals surface area (Å²) in [5.41, 5.74) is 6.56. The molecule has 5 nitrogen and oxygen atoms in total. The second-order valence-electron chi connectivity index (χ2n) is 7.03. The van der Waals surface area contributed by atoms with Gasteiger partial charge >= 0.3 is 5.97 Å². The van der Waals surface area contributed by atoms with Gasteiger partial charge in [0.1, 0.15) is 0 Å². The summed E-state index contributed by atoms with van der Waals surface area (Å²) in [6, 6.07) is 7.46. The van der Waals surface area contributed by atoms with Crippen LogP contribution in [0.3, 0.4) is 0 Å². The normalized spacial score (nSPS) is 32.7. The summed E-state index contributed by atoms with van der Waals surface area (Å²) >= 11 is 3.36. The number of aliphatic carboxylic acids is 1. The standard InChI is InChI=1S/C17H19BrN2O3/c18-9-1-3-10(4-2-9)19-20-15(21)13-11-5-6-12(14(13)16(22)23)17(11)7-8-17/h1-4,11-14,19H,5-8H2,(H,20,21)(H,22,23)/t11-,12+,13+,14-/m0/s1. The van der Waals surface area contributed by atoms with E-state index in [9.17, 15) is 14.7 Å². The predicted molar refractivity (Wildman–Crippen MR) is 88.4 cm³/mol. The number of nitrogens with one attached hydrogen (secondary N) is 2. The Morgan fingerprint density at radius 3 is 2.26 bits per heavy atom. The lowest BCUT2D eigenvalue weighted by molar-refractivity contribution is -0.149. The Morgan fingerprint density at radius 1 is 1.09 bits per heavy atom. The molecule has 3 saturated carbocycles. The van der Waals surface area contributed by atoms with Gasteiger partial charge in [0.2, 0.25) is 5.91 Å². The zero-order valence-corrected chi connectivity index (χ0v) is 14.2. The van der Waals surface area contributed by atoms with Gasteiger partial charge in [-0.15, -0.1) is 0 Å². The van der Waals surface area contributed by atoms with E-state index < -0.39 is 17.8 Å². The minimum atomic E-state index is -0.813. The minimum Gasteiger partial charge on any atom is -0.481 e. The molecule has 0 unspecified atom stereocenters. The molecule has 1 aromatic rings. The molecule has 1 spiro atoms. The Bertz CT molecular complexity index is 656. The van der Waals surface area contributed by atoms with Crippen molar-refractivity contribution >= 4 is 33.5 Å². The van der Waals surface area contributed by atoms with Crippen LogP contribution in [0.25, 0.3) is 0 Å². The van der Waals surface area contributed by atoms with Crippen LogP contribution in [0.4, 0.5) is 5.69 Å². The van der Waals surface area contributed by atoms with Crippen LogP contribution in [0, 0.1) is 29.1 Å². The first-order valence-electron chi connectivity index (χ1n) is 8.07. The molecule has 1 amide bonds. The molecular formula is C17H19BrN2O3. The van der Waals surface area contributed by atoms with Crippen molar-refractivity contribution < 1.29 is 14.7 Å². The van der Waals surface area contributed by atoms with Gasteiger partial charge in [-0.25, -0.2) is 0 Å². The largest absolute Gasteiger partial charge is 0.481 e. The van der Waals surface area contributed by atoms with E-state index in [-0.39, 0.29) is 23.2 Å². The molecule has 0 heterocycles. The molecule has 3 aliphatic carbocycles. The number of hydrogen-bond acceptors (Lipinski definition) is 3. The van der Waals surface area contributed by atoms with Crippen molar-refractivity contribution in [3.8, 4) is 0 Å². The number of benzene rings is 1. The van der Waals surface area contributed by atoms with Crippen molar-refractivity contribution in [1.82, 2.24) is 5.43 Å². The van der Waals surface area contributed by atoms with Crippen LogP contribution in [0.1, 0.15) is 25.7 Å². The van der Waals surface area contributed by atoms with Crippen LogP contribution in [-0.4, -0.2) is 17.0 Å². The van der Waals surface area contributed by atoms with E-state index in [4.69, 9.17) is 0 Å². The van der Waals surface area contributed by atoms with E-state index in [1.54, 1.807) is 0 Å². The molecule has 2 bridgehead atoms. The molecule has 4 atom stereocenters. The lowest BCUT2D eigenvalue weighted by Crippen LogP contribution is -2.43. The van der Waals surface area contributed by atoms with Gasteiger partial charge in [-0.05, 0) is 67.2 Å². The lowest BCUT2D eigenvalue weighted by Gasteiger charge is -2.27. The first-order valence-corrected chi connectivity index (χ1v) is 8.86. The summed E-state index contributed by atoms with van der Waals surface area (Å²) in [5, 5.41) is 9.62. The molecule has 3 fully saturated rings. The smallest absolute Gasteiger partial charge is 0.307 e. The van der Waals surface area contributed by atoms with E-state index in [2.05, 4.69) is 26.8 Å². The maximum absolute atomic E-state index is 12.7. The highest BCUT2D eigenvalue weighted by molar-refractivity contribution is 9.10. The van der Waals surface area contributed by atoms with E-state index in [0.29, 0.717) is 0 Å². The molecule has 0 radical (unpaired) electrons. The number of hydrazine groups is 1.